The normalized spacial score (nSPS) is 29.8. The first-order chi connectivity index (χ1) is 8.54. The van der Waals surface area contributed by atoms with E-state index < -0.39 is 37.1 Å². The number of rotatable bonds is 3. The van der Waals surface area contributed by atoms with Crippen molar-refractivity contribution in [3.05, 3.63) is 30.1 Å². The van der Waals surface area contributed by atoms with Crippen LogP contribution in [0.2, 0.25) is 0 Å². The zero-order chi connectivity index (χ0) is 13.3. The molecule has 4 atom stereocenters. The second kappa shape index (κ2) is 6.40. The van der Waals surface area contributed by atoms with Crippen LogP contribution in [0.15, 0.2) is 24.5 Å². The quantitative estimate of drug-likeness (QED) is 0.412. The molecule has 8 heteroatoms. The molecular weight excluding hydrogens is 320 g/mol. The van der Waals surface area contributed by atoms with Crippen molar-refractivity contribution >= 4 is 5.91 Å². The van der Waals surface area contributed by atoms with Crippen molar-refractivity contribution in [2.45, 2.75) is 24.5 Å². The van der Waals surface area contributed by atoms with E-state index >= 15 is 0 Å². The number of primary amides is 1. The summed E-state index contributed by atoms with van der Waals surface area (Å²) in [5.74, 6) is -0.601. The molecule has 1 saturated heterocycles. The van der Waals surface area contributed by atoms with Gasteiger partial charge in [0.1, 0.15) is 17.8 Å². The fraction of sp³-hybridized carbons (Fsp3) is 0.455. The summed E-state index contributed by atoms with van der Waals surface area (Å²) in [6.07, 6.45) is -1.08. The van der Waals surface area contributed by atoms with E-state index in [1.54, 1.807) is 12.3 Å². The van der Waals surface area contributed by atoms with Gasteiger partial charge in [-0.2, -0.15) is 4.57 Å². The van der Waals surface area contributed by atoms with Gasteiger partial charge < -0.3 is 42.8 Å². The summed E-state index contributed by atoms with van der Waals surface area (Å²) >= 11 is 0. The second-order valence-electron chi connectivity index (χ2n) is 4.13. The Morgan fingerprint density at radius 1 is 1.42 bits per heavy atom. The topological polar surface area (TPSA) is 117 Å². The van der Waals surface area contributed by atoms with Gasteiger partial charge in [0.25, 0.3) is 12.1 Å². The van der Waals surface area contributed by atoms with Gasteiger partial charge in [0.05, 0.1) is 6.61 Å². The van der Waals surface area contributed by atoms with E-state index in [9.17, 15) is 15.0 Å². The molecule has 0 aromatic carbocycles. The number of nitrogens with zero attached hydrogens (tertiary/aromatic N) is 1. The number of pyridine rings is 1. The molecule has 19 heavy (non-hydrogen) atoms. The minimum atomic E-state index is -1.18. The fourth-order valence-electron chi connectivity index (χ4n) is 1.92. The Balaban J connectivity index is 0.00000180. The minimum Gasteiger partial charge on any atom is -1.00 e. The largest absolute Gasteiger partial charge is 1.00 e. The Morgan fingerprint density at radius 3 is 2.63 bits per heavy atom. The third kappa shape index (κ3) is 3.10. The highest BCUT2D eigenvalue weighted by molar-refractivity contribution is 5.92. The lowest BCUT2D eigenvalue weighted by atomic mass is 10.1. The molecule has 7 nitrogen and oxygen atoms in total. The summed E-state index contributed by atoms with van der Waals surface area (Å²) in [5.41, 5.74) is 5.41. The molecule has 1 amide bonds. The number of hydrogen-bond acceptors (Lipinski definition) is 5. The number of hydrogen-bond donors (Lipinski definition) is 4. The van der Waals surface area contributed by atoms with Crippen LogP contribution in [0.1, 0.15) is 16.6 Å². The molecule has 1 aliphatic rings. The molecule has 2 rings (SSSR count). The number of nitrogens with two attached hydrogens (primary N) is 1. The molecule has 0 unspecified atom stereocenters. The van der Waals surface area contributed by atoms with E-state index in [-0.39, 0.29) is 22.5 Å². The van der Waals surface area contributed by atoms with Gasteiger partial charge >= 0.3 is 0 Å². The molecule has 2 heterocycles. The average molecular weight is 335 g/mol. The van der Waals surface area contributed by atoms with E-state index in [0.29, 0.717) is 0 Å². The molecule has 0 saturated carbocycles. The first-order valence-corrected chi connectivity index (χ1v) is 5.47. The van der Waals surface area contributed by atoms with Crippen molar-refractivity contribution < 1.29 is 46.4 Å². The zero-order valence-electron chi connectivity index (χ0n) is 9.89. The van der Waals surface area contributed by atoms with Crippen LogP contribution in [0.25, 0.3) is 0 Å². The maximum atomic E-state index is 11.1. The Labute approximate surface area is 120 Å². The SMILES string of the molecule is NC(=O)c1ccc[n+]([C@@H]2O[C@H](CO)[C@@H](O)[C@H]2O)c1.[Br-]. The van der Waals surface area contributed by atoms with Crippen LogP contribution in [-0.2, 0) is 4.74 Å². The number of aromatic nitrogens is 1. The molecule has 0 bridgehead atoms. The van der Waals surface area contributed by atoms with Gasteiger partial charge in [-0.15, -0.1) is 0 Å². The molecular formula is C11H15BrN2O5. The molecule has 1 aliphatic heterocycles. The van der Waals surface area contributed by atoms with Gasteiger partial charge in [-0.1, -0.05) is 0 Å². The summed E-state index contributed by atoms with van der Waals surface area (Å²) in [6.45, 7) is -0.398. The van der Waals surface area contributed by atoms with E-state index in [1.165, 1.54) is 16.8 Å². The molecule has 106 valence electrons. The van der Waals surface area contributed by atoms with Crippen LogP contribution in [0.5, 0.6) is 0 Å². The smallest absolute Gasteiger partial charge is 0.292 e. The molecule has 0 aliphatic carbocycles. The van der Waals surface area contributed by atoms with Crippen molar-refractivity contribution in [3.8, 4) is 0 Å². The Kier molecular flexibility index (Phi) is 5.39. The van der Waals surface area contributed by atoms with Gasteiger partial charge in [-0.05, 0) is 6.07 Å². The number of aliphatic hydroxyl groups is 3. The second-order valence-corrected chi connectivity index (χ2v) is 4.13. The summed E-state index contributed by atoms with van der Waals surface area (Å²) in [5, 5.41) is 28.4. The number of aliphatic hydroxyl groups excluding tert-OH is 3. The summed E-state index contributed by atoms with van der Waals surface area (Å²) in [7, 11) is 0. The van der Waals surface area contributed by atoms with Crippen molar-refractivity contribution in [1.82, 2.24) is 0 Å². The number of halogens is 1. The van der Waals surface area contributed by atoms with Crippen LogP contribution in [0.4, 0.5) is 0 Å². The number of carbonyl (C=O) groups excluding carboxylic acids is 1. The van der Waals surface area contributed by atoms with Crippen molar-refractivity contribution in [2.75, 3.05) is 6.61 Å². The summed E-state index contributed by atoms with van der Waals surface area (Å²) < 4.78 is 6.75. The lowest BCUT2D eigenvalue weighted by Crippen LogP contribution is -3.00. The van der Waals surface area contributed by atoms with Crippen molar-refractivity contribution in [1.29, 1.82) is 0 Å². The van der Waals surface area contributed by atoms with Gasteiger partial charge in [0.2, 0.25) is 0 Å². The van der Waals surface area contributed by atoms with Crippen LogP contribution >= 0.6 is 0 Å². The van der Waals surface area contributed by atoms with E-state index in [0.717, 1.165) is 0 Å². The van der Waals surface area contributed by atoms with E-state index in [4.69, 9.17) is 15.6 Å². The highest BCUT2D eigenvalue weighted by Crippen LogP contribution is 2.24. The maximum absolute atomic E-state index is 11.1. The van der Waals surface area contributed by atoms with E-state index in [2.05, 4.69) is 0 Å². The van der Waals surface area contributed by atoms with Crippen molar-refractivity contribution in [3.63, 3.8) is 0 Å². The Morgan fingerprint density at radius 2 is 2.11 bits per heavy atom. The van der Waals surface area contributed by atoms with Gasteiger partial charge in [0, 0.05) is 6.07 Å². The van der Waals surface area contributed by atoms with Crippen molar-refractivity contribution in [2.24, 2.45) is 5.73 Å². The number of ether oxygens (including phenoxy) is 1. The highest BCUT2D eigenvalue weighted by atomic mass is 79.9. The molecule has 1 aromatic heterocycles. The predicted molar refractivity (Wildman–Crippen MR) is 58.2 cm³/mol. The summed E-state index contributed by atoms with van der Waals surface area (Å²) in [4.78, 5) is 11.1. The average Bonchev–Trinajstić information content (AvgIpc) is 2.66. The lowest BCUT2D eigenvalue weighted by Gasteiger charge is -2.09. The Bertz CT molecular complexity index is 458. The monoisotopic (exact) mass is 334 g/mol. The zero-order valence-corrected chi connectivity index (χ0v) is 11.5. The third-order valence-corrected chi connectivity index (χ3v) is 2.92. The standard InChI is InChI=1S/C11H14N2O5.BrH/c12-10(17)6-2-1-3-13(4-6)11-9(16)8(15)7(5-14)18-11;/h1-4,7-9,11,14-16H,5H2,(H-,12,17);1H/t7-,8-,9-,11-;/m1./s1. The van der Waals surface area contributed by atoms with Gasteiger partial charge in [-0.3, -0.25) is 4.79 Å². The van der Waals surface area contributed by atoms with Crippen LogP contribution in [-0.4, -0.2) is 46.1 Å². The first kappa shape index (κ1) is 16.0. The maximum Gasteiger partial charge on any atom is 0.292 e. The third-order valence-electron chi connectivity index (χ3n) is 2.92. The molecule has 1 aromatic rings. The van der Waals surface area contributed by atoms with E-state index in [1.807, 2.05) is 0 Å². The lowest BCUT2D eigenvalue weighted by molar-refractivity contribution is -0.765. The molecule has 0 spiro atoms. The van der Waals surface area contributed by atoms with Gasteiger partial charge in [0.15, 0.2) is 18.5 Å². The number of carbonyl (C=O) groups is 1. The first-order valence-electron chi connectivity index (χ1n) is 5.47. The highest BCUT2D eigenvalue weighted by Gasteiger charge is 2.47. The minimum absolute atomic E-state index is 0. The fourth-order valence-corrected chi connectivity index (χ4v) is 1.92. The Hall–Kier alpha value is -1.06. The predicted octanol–water partition coefficient (Wildman–Crippen LogP) is -5.31. The summed E-state index contributed by atoms with van der Waals surface area (Å²) in [6, 6.07) is 3.11. The van der Waals surface area contributed by atoms with Crippen LogP contribution in [0.3, 0.4) is 0 Å². The van der Waals surface area contributed by atoms with Crippen LogP contribution in [0, 0.1) is 0 Å². The van der Waals surface area contributed by atoms with Crippen LogP contribution < -0.4 is 27.3 Å². The molecule has 1 fully saturated rings. The number of amides is 1. The van der Waals surface area contributed by atoms with Gasteiger partial charge in [-0.25, -0.2) is 0 Å². The molecule has 5 N–H and O–H groups in total. The molecule has 0 radical (unpaired) electrons.